The van der Waals surface area contributed by atoms with E-state index in [0.29, 0.717) is 16.9 Å². The van der Waals surface area contributed by atoms with E-state index in [1.165, 1.54) is 6.92 Å². The molecule has 2 rings (SSSR count). The second kappa shape index (κ2) is 9.32. The highest BCUT2D eigenvalue weighted by molar-refractivity contribution is 9.10. The van der Waals surface area contributed by atoms with E-state index in [9.17, 15) is 14.4 Å². The maximum Gasteiger partial charge on any atom is 0.251 e. The summed E-state index contributed by atoms with van der Waals surface area (Å²) >= 11 is 3.33. The molecule has 0 spiro atoms. The summed E-state index contributed by atoms with van der Waals surface area (Å²) in [6, 6.07) is 13.0. The van der Waals surface area contributed by atoms with Gasteiger partial charge in [0.15, 0.2) is 0 Å². The molecular weight excluding hydrogens is 410 g/mol. The third-order valence-corrected chi connectivity index (χ3v) is 4.32. The number of nitrogens with one attached hydrogen (secondary N) is 3. The number of halogens is 1. The summed E-state index contributed by atoms with van der Waals surface area (Å²) < 4.78 is 0.872. The summed E-state index contributed by atoms with van der Waals surface area (Å²) in [6.07, 6.45) is 0. The van der Waals surface area contributed by atoms with Crippen LogP contribution in [0.1, 0.15) is 31.1 Å². The van der Waals surface area contributed by atoms with Gasteiger partial charge in [0.1, 0.15) is 6.04 Å². The molecule has 1 atom stereocenters. The highest BCUT2D eigenvalue weighted by Crippen LogP contribution is 2.17. The molecule has 2 aromatic rings. The zero-order valence-corrected chi connectivity index (χ0v) is 17.0. The Balaban J connectivity index is 2.09. The van der Waals surface area contributed by atoms with E-state index in [2.05, 4.69) is 31.9 Å². The number of benzene rings is 2. The molecule has 0 aliphatic rings. The Bertz CT molecular complexity index is 835. The standard InChI is InChI=1S/C20H22BrN3O3/c1-12(2)18(24-19(26)14-7-9-15(21)10-8-14)20(27)23-17-6-4-5-16(11-17)22-13(3)25/h4-12,18H,1-3H3,(H,22,25)(H,23,27)(H,24,26)/t18-/m1/s1. The Morgan fingerprint density at radius 1 is 0.926 bits per heavy atom. The summed E-state index contributed by atoms with van der Waals surface area (Å²) in [5, 5.41) is 8.24. The van der Waals surface area contributed by atoms with Crippen LogP contribution in [-0.2, 0) is 9.59 Å². The zero-order chi connectivity index (χ0) is 20.0. The molecule has 3 N–H and O–H groups in total. The van der Waals surface area contributed by atoms with Crippen LogP contribution in [0.15, 0.2) is 53.0 Å². The minimum Gasteiger partial charge on any atom is -0.340 e. The monoisotopic (exact) mass is 431 g/mol. The lowest BCUT2D eigenvalue weighted by molar-refractivity contribution is -0.119. The van der Waals surface area contributed by atoms with Crippen LogP contribution in [0.3, 0.4) is 0 Å². The van der Waals surface area contributed by atoms with Gasteiger partial charge in [0, 0.05) is 28.3 Å². The molecule has 0 unspecified atom stereocenters. The minimum absolute atomic E-state index is 0.108. The fraction of sp³-hybridized carbons (Fsp3) is 0.250. The summed E-state index contributed by atoms with van der Waals surface area (Å²) in [6.45, 7) is 5.14. The van der Waals surface area contributed by atoms with E-state index < -0.39 is 6.04 Å². The van der Waals surface area contributed by atoms with Crippen LogP contribution in [0, 0.1) is 5.92 Å². The van der Waals surface area contributed by atoms with E-state index in [0.717, 1.165) is 4.47 Å². The van der Waals surface area contributed by atoms with E-state index in [4.69, 9.17) is 0 Å². The lowest BCUT2D eigenvalue weighted by atomic mass is 10.0. The van der Waals surface area contributed by atoms with Gasteiger partial charge in [0.05, 0.1) is 0 Å². The second-order valence-electron chi connectivity index (χ2n) is 6.45. The molecule has 0 aromatic heterocycles. The zero-order valence-electron chi connectivity index (χ0n) is 15.4. The van der Waals surface area contributed by atoms with Crippen molar-refractivity contribution in [3.8, 4) is 0 Å². The molecule has 7 heteroatoms. The Morgan fingerprint density at radius 2 is 1.52 bits per heavy atom. The molecule has 0 heterocycles. The maximum atomic E-state index is 12.7. The predicted molar refractivity (Wildman–Crippen MR) is 110 cm³/mol. The summed E-state index contributed by atoms with van der Waals surface area (Å²) in [4.78, 5) is 36.3. The van der Waals surface area contributed by atoms with E-state index >= 15 is 0 Å². The Labute approximate surface area is 166 Å². The average molecular weight is 432 g/mol. The van der Waals surface area contributed by atoms with Gasteiger partial charge in [-0.25, -0.2) is 0 Å². The molecule has 0 fully saturated rings. The maximum absolute atomic E-state index is 12.7. The fourth-order valence-electron chi connectivity index (χ4n) is 2.46. The number of rotatable bonds is 6. The van der Waals surface area contributed by atoms with Gasteiger partial charge in [0.2, 0.25) is 11.8 Å². The Kier molecular flexibility index (Phi) is 7.12. The van der Waals surface area contributed by atoms with Crippen molar-refractivity contribution in [1.29, 1.82) is 0 Å². The molecule has 3 amide bonds. The summed E-state index contributed by atoms with van der Waals surface area (Å²) in [7, 11) is 0. The van der Waals surface area contributed by atoms with Crippen molar-refractivity contribution in [1.82, 2.24) is 5.32 Å². The molecule has 2 aromatic carbocycles. The van der Waals surface area contributed by atoms with Crippen molar-refractivity contribution < 1.29 is 14.4 Å². The number of carbonyl (C=O) groups excluding carboxylic acids is 3. The van der Waals surface area contributed by atoms with Gasteiger partial charge in [-0.2, -0.15) is 0 Å². The van der Waals surface area contributed by atoms with E-state index in [1.807, 2.05) is 13.8 Å². The van der Waals surface area contributed by atoms with Crippen LogP contribution in [-0.4, -0.2) is 23.8 Å². The lowest BCUT2D eigenvalue weighted by Crippen LogP contribution is -2.47. The van der Waals surface area contributed by atoms with Crippen molar-refractivity contribution in [2.45, 2.75) is 26.8 Å². The summed E-state index contributed by atoms with van der Waals surface area (Å²) in [5.74, 6) is -0.943. The van der Waals surface area contributed by atoms with Crippen LogP contribution in [0.5, 0.6) is 0 Å². The Morgan fingerprint density at radius 3 is 2.07 bits per heavy atom. The number of hydrogen-bond acceptors (Lipinski definition) is 3. The van der Waals surface area contributed by atoms with E-state index in [1.54, 1.807) is 48.5 Å². The van der Waals surface area contributed by atoms with Gasteiger partial charge in [-0.15, -0.1) is 0 Å². The molecule has 27 heavy (non-hydrogen) atoms. The molecule has 0 aliphatic heterocycles. The number of amides is 3. The number of hydrogen-bond donors (Lipinski definition) is 3. The number of anilines is 2. The van der Waals surface area contributed by atoms with Crippen LogP contribution >= 0.6 is 15.9 Å². The largest absolute Gasteiger partial charge is 0.340 e. The first kappa shape index (κ1) is 20.6. The van der Waals surface area contributed by atoms with Crippen LogP contribution < -0.4 is 16.0 Å². The lowest BCUT2D eigenvalue weighted by Gasteiger charge is -2.22. The second-order valence-corrected chi connectivity index (χ2v) is 7.37. The minimum atomic E-state index is -0.703. The molecule has 0 bridgehead atoms. The highest BCUT2D eigenvalue weighted by atomic mass is 79.9. The Hall–Kier alpha value is -2.67. The van der Waals surface area contributed by atoms with Crippen molar-refractivity contribution in [3.05, 3.63) is 58.6 Å². The third kappa shape index (κ3) is 6.21. The molecule has 0 saturated carbocycles. The first-order chi connectivity index (χ1) is 12.8. The SMILES string of the molecule is CC(=O)Nc1cccc(NC(=O)[C@H](NC(=O)c2ccc(Br)cc2)C(C)C)c1. The predicted octanol–water partition coefficient (Wildman–Crippen LogP) is 3.80. The smallest absolute Gasteiger partial charge is 0.251 e. The molecule has 142 valence electrons. The summed E-state index contributed by atoms with van der Waals surface area (Å²) in [5.41, 5.74) is 1.60. The first-order valence-corrected chi connectivity index (χ1v) is 9.30. The average Bonchev–Trinajstić information content (AvgIpc) is 2.59. The normalized spacial score (nSPS) is 11.6. The van der Waals surface area contributed by atoms with E-state index in [-0.39, 0.29) is 23.6 Å². The molecule has 0 aliphatic carbocycles. The van der Waals surface area contributed by atoms with Gasteiger partial charge in [0.25, 0.3) is 5.91 Å². The topological polar surface area (TPSA) is 87.3 Å². The molecular formula is C20H22BrN3O3. The van der Waals surface area contributed by atoms with Gasteiger partial charge < -0.3 is 16.0 Å². The fourth-order valence-corrected chi connectivity index (χ4v) is 2.72. The van der Waals surface area contributed by atoms with Crippen LogP contribution in [0.4, 0.5) is 11.4 Å². The van der Waals surface area contributed by atoms with Gasteiger partial charge in [-0.1, -0.05) is 35.8 Å². The van der Waals surface area contributed by atoms with Crippen molar-refractivity contribution >= 4 is 45.0 Å². The van der Waals surface area contributed by atoms with Crippen molar-refractivity contribution in [3.63, 3.8) is 0 Å². The first-order valence-electron chi connectivity index (χ1n) is 8.51. The van der Waals surface area contributed by atoms with Crippen LogP contribution in [0.25, 0.3) is 0 Å². The van der Waals surface area contributed by atoms with Crippen molar-refractivity contribution in [2.75, 3.05) is 10.6 Å². The molecule has 0 saturated heterocycles. The molecule has 6 nitrogen and oxygen atoms in total. The molecule has 0 radical (unpaired) electrons. The highest BCUT2D eigenvalue weighted by Gasteiger charge is 2.24. The van der Waals surface area contributed by atoms with Gasteiger partial charge >= 0.3 is 0 Å². The third-order valence-electron chi connectivity index (χ3n) is 3.79. The number of carbonyl (C=O) groups is 3. The van der Waals surface area contributed by atoms with Crippen molar-refractivity contribution in [2.24, 2.45) is 5.92 Å². The van der Waals surface area contributed by atoms with Gasteiger partial charge in [-0.05, 0) is 48.4 Å². The van der Waals surface area contributed by atoms with Crippen LogP contribution in [0.2, 0.25) is 0 Å². The van der Waals surface area contributed by atoms with Gasteiger partial charge in [-0.3, -0.25) is 14.4 Å². The quantitative estimate of drug-likeness (QED) is 0.649.